The number of halogens is 2. The third-order valence-corrected chi connectivity index (χ3v) is 10.8. The summed E-state index contributed by atoms with van der Waals surface area (Å²) in [5.74, 6) is -1.01. The fourth-order valence-corrected chi connectivity index (χ4v) is 7.76. The fraction of sp³-hybridized carbons (Fsp3) is 0.194. The third-order valence-electron chi connectivity index (χ3n) is 8.45. The molecule has 20 heteroatoms. The van der Waals surface area contributed by atoms with Crippen molar-refractivity contribution in [2.45, 2.75) is 47.9 Å². The first-order valence-electron chi connectivity index (χ1n) is 16.4. The molecule has 5 aromatic carbocycles. The van der Waals surface area contributed by atoms with Gasteiger partial charge in [-0.1, -0.05) is 66.7 Å². The maximum Gasteiger partial charge on any atom is 0.296 e. The molecule has 0 unspecified atom stereocenters. The number of phenolic OH excluding ortho intramolecular Hbond substituents is 1. The second kappa shape index (κ2) is 19.7. The molecule has 1 aliphatic carbocycles. The summed E-state index contributed by atoms with van der Waals surface area (Å²) in [5.41, 5.74) is -0.215. The molecule has 0 saturated heterocycles. The number of amides is 1. The van der Waals surface area contributed by atoms with Gasteiger partial charge < -0.3 is 25.2 Å². The van der Waals surface area contributed by atoms with Crippen LogP contribution in [0.2, 0.25) is 10.0 Å². The normalized spacial score (nSPS) is 13.4. The second-order valence-electron chi connectivity index (χ2n) is 12.2. The quantitative estimate of drug-likeness (QED) is 0.0455. The van der Waals surface area contributed by atoms with Crippen LogP contribution < -0.4 is 20.1 Å². The van der Waals surface area contributed by atoms with Crippen molar-refractivity contribution in [3.05, 3.63) is 95.0 Å². The molecule has 0 spiro atoms. The first kappa shape index (κ1) is 45.7. The predicted molar refractivity (Wildman–Crippen MR) is 215 cm³/mol. The number of nitrogens with zero attached hydrogens (tertiary/aromatic N) is 2. The maximum absolute atomic E-state index is 13.0. The standard InChI is InChI=1S/C36H32Cl2N4O10S2.2Na/c37-21-14-16-28(24(38)18-21)51-20-33(43)40-27-15-17-31(53(45,46)47)23-19-32(54(48,49)50)35(36(44)34(23)27)42-41-26-11-5-7-13-30(26)52-29-12-6-4-10-25(29)39-22-8-2-1-3-9-22;;/h4-7,10-19,22,39,44H,1-3,8-9,20H2,(H,40,43)(H,45,46,47)(H,48,49,50);;. The van der Waals surface area contributed by atoms with Crippen LogP contribution in [0.4, 0.5) is 22.7 Å². The van der Waals surface area contributed by atoms with E-state index in [0.717, 1.165) is 43.5 Å². The van der Waals surface area contributed by atoms with Gasteiger partial charge in [0.25, 0.3) is 26.1 Å². The summed E-state index contributed by atoms with van der Waals surface area (Å²) in [7, 11) is -10.3. The van der Waals surface area contributed by atoms with E-state index in [1.807, 2.05) is 12.1 Å². The number of carbonyl (C=O) groups is 1. The number of para-hydroxylation sites is 3. The number of azo groups is 1. The zero-order chi connectivity index (χ0) is 38.6. The van der Waals surface area contributed by atoms with E-state index >= 15 is 0 Å². The molecule has 5 N–H and O–H groups in total. The third kappa shape index (κ3) is 11.2. The molecule has 0 aliphatic heterocycles. The molecule has 1 saturated carbocycles. The van der Waals surface area contributed by atoms with Crippen LogP contribution in [0.15, 0.2) is 105 Å². The van der Waals surface area contributed by atoms with Crippen LogP contribution in [0.3, 0.4) is 0 Å². The molecule has 6 rings (SSSR count). The van der Waals surface area contributed by atoms with Gasteiger partial charge in [-0.25, -0.2) is 0 Å². The fourth-order valence-electron chi connectivity index (χ4n) is 5.97. The molecule has 0 aromatic heterocycles. The smallest absolute Gasteiger partial charge is 0.296 e. The van der Waals surface area contributed by atoms with Gasteiger partial charge >= 0.3 is 0 Å². The van der Waals surface area contributed by atoms with Gasteiger partial charge in [0.1, 0.15) is 26.9 Å². The van der Waals surface area contributed by atoms with Gasteiger partial charge in [0.15, 0.2) is 23.9 Å². The van der Waals surface area contributed by atoms with E-state index in [1.165, 1.54) is 30.7 Å². The van der Waals surface area contributed by atoms with Gasteiger partial charge in [0, 0.05) is 75.6 Å². The van der Waals surface area contributed by atoms with Crippen molar-refractivity contribution in [2.75, 3.05) is 17.2 Å². The van der Waals surface area contributed by atoms with Gasteiger partial charge in [0.2, 0.25) is 0 Å². The Morgan fingerprint density at radius 2 is 1.43 bits per heavy atom. The number of carbonyl (C=O) groups excluding carboxylic acids is 1. The van der Waals surface area contributed by atoms with E-state index in [-0.39, 0.29) is 93.1 Å². The number of aromatic hydroxyl groups is 1. The Morgan fingerprint density at radius 3 is 2.11 bits per heavy atom. The van der Waals surface area contributed by atoms with Crippen molar-refractivity contribution in [1.29, 1.82) is 0 Å². The Labute approximate surface area is 377 Å². The number of rotatable bonds is 12. The molecule has 0 bridgehead atoms. The topological polar surface area (TPSA) is 213 Å². The number of phenols is 1. The summed E-state index contributed by atoms with van der Waals surface area (Å²) in [6, 6.07) is 20.9. The van der Waals surface area contributed by atoms with Crippen LogP contribution in [-0.4, -0.2) is 109 Å². The molecule has 1 aliphatic rings. The minimum atomic E-state index is -5.23. The van der Waals surface area contributed by atoms with Crippen LogP contribution >= 0.6 is 23.2 Å². The van der Waals surface area contributed by atoms with Crippen molar-refractivity contribution in [3.8, 4) is 23.0 Å². The number of hydrogen-bond donors (Lipinski definition) is 5. The second-order valence-corrected chi connectivity index (χ2v) is 15.8. The molecule has 284 valence electrons. The van der Waals surface area contributed by atoms with E-state index < -0.39 is 64.8 Å². The van der Waals surface area contributed by atoms with Crippen LogP contribution in [0.25, 0.3) is 10.8 Å². The first-order chi connectivity index (χ1) is 25.7. The Bertz CT molecular complexity index is 2510. The molecule has 5 aromatic rings. The van der Waals surface area contributed by atoms with Crippen LogP contribution in [0.5, 0.6) is 23.0 Å². The minimum Gasteiger partial charge on any atom is -0.505 e. The average Bonchev–Trinajstić information content (AvgIpc) is 3.11. The van der Waals surface area contributed by atoms with Gasteiger partial charge in [-0.2, -0.15) is 16.8 Å². The number of hydrogen-bond acceptors (Lipinski definition) is 11. The van der Waals surface area contributed by atoms with Gasteiger partial charge in [-0.3, -0.25) is 13.9 Å². The predicted octanol–water partition coefficient (Wildman–Crippen LogP) is 8.55. The number of ether oxygens (including phenoxy) is 2. The molecular weight excluding hydrogens is 829 g/mol. The molecule has 14 nitrogen and oxygen atoms in total. The first-order valence-corrected chi connectivity index (χ1v) is 20.0. The average molecular weight is 862 g/mol. The van der Waals surface area contributed by atoms with Gasteiger partial charge in [-0.15, -0.1) is 10.2 Å². The monoisotopic (exact) mass is 860 g/mol. The molecule has 0 atom stereocenters. The number of nitrogens with one attached hydrogen (secondary N) is 2. The van der Waals surface area contributed by atoms with Gasteiger partial charge in [0.05, 0.1) is 21.8 Å². The molecule has 1 amide bonds. The van der Waals surface area contributed by atoms with Gasteiger partial charge in [-0.05, 0) is 73.5 Å². The van der Waals surface area contributed by atoms with E-state index in [9.17, 15) is 35.8 Å². The summed E-state index contributed by atoms with van der Waals surface area (Å²) < 4.78 is 81.9. The van der Waals surface area contributed by atoms with Crippen molar-refractivity contribution in [3.63, 3.8) is 0 Å². The molecule has 1 fully saturated rings. The minimum absolute atomic E-state index is 0. The summed E-state index contributed by atoms with van der Waals surface area (Å²) >= 11 is 12.0. The summed E-state index contributed by atoms with van der Waals surface area (Å²) in [5, 5.41) is 25.1. The summed E-state index contributed by atoms with van der Waals surface area (Å²) in [4.78, 5) is 11.1. The van der Waals surface area contributed by atoms with Crippen molar-refractivity contribution in [2.24, 2.45) is 10.2 Å². The summed E-state index contributed by atoms with van der Waals surface area (Å²) in [6.45, 7) is -0.616. The molecule has 56 heavy (non-hydrogen) atoms. The van der Waals surface area contributed by atoms with Crippen LogP contribution in [0, 0.1) is 0 Å². The van der Waals surface area contributed by atoms with E-state index in [4.69, 9.17) is 32.7 Å². The van der Waals surface area contributed by atoms with E-state index in [1.54, 1.807) is 30.3 Å². The summed E-state index contributed by atoms with van der Waals surface area (Å²) in [6.07, 6.45) is 5.47. The van der Waals surface area contributed by atoms with E-state index in [0.29, 0.717) is 16.8 Å². The van der Waals surface area contributed by atoms with Crippen LogP contribution in [0.1, 0.15) is 32.1 Å². The number of anilines is 2. The Balaban J connectivity index is 0.00000348. The zero-order valence-electron chi connectivity index (χ0n) is 30.1. The van der Waals surface area contributed by atoms with Crippen molar-refractivity contribution >= 4 is 142 Å². The Morgan fingerprint density at radius 1 is 0.768 bits per heavy atom. The Kier molecular flexibility index (Phi) is 16.0. The van der Waals surface area contributed by atoms with E-state index in [2.05, 4.69) is 20.9 Å². The van der Waals surface area contributed by atoms with Crippen molar-refractivity contribution in [1.82, 2.24) is 0 Å². The van der Waals surface area contributed by atoms with Crippen molar-refractivity contribution < 1.29 is 45.3 Å². The molecule has 0 heterocycles. The Hall–Kier alpha value is -2.97. The maximum atomic E-state index is 13.0. The zero-order valence-corrected chi connectivity index (χ0v) is 37.2. The van der Waals surface area contributed by atoms with Crippen LogP contribution in [-0.2, 0) is 25.0 Å². The number of fused-ring (bicyclic) bond motifs is 1. The SMILES string of the molecule is O=C(COc1ccc(Cl)cc1Cl)Nc1ccc(S(=O)(=O)O)c2cc(S(=O)(=O)O)c(N=Nc3ccccc3Oc3ccccc3NC3CCCCC3)c(O)c12.[Na].[Na]. The largest absolute Gasteiger partial charge is 0.505 e. The number of benzene rings is 5. The molecule has 2 radical (unpaired) electrons. The molecular formula is C36H32Cl2N4Na2O10S2.